The highest BCUT2D eigenvalue weighted by atomic mass is 32.2. The minimum absolute atomic E-state index is 0.143. The van der Waals surface area contributed by atoms with Crippen LogP contribution in [0.1, 0.15) is 44.4 Å². The van der Waals surface area contributed by atoms with Gasteiger partial charge in [0.25, 0.3) is 11.8 Å². The van der Waals surface area contributed by atoms with Crippen LogP contribution in [0.25, 0.3) is 22.3 Å². The zero-order chi connectivity index (χ0) is 27.5. The standard InChI is InChI=1S/C30H25NO7S/c1-3-36-30(35)25-22-17-19(13-14-24(22)38-26(25)18-9-5-4-6-10-18)37-29(34)23(15-16-39-2)31-27(32)20-11-7-8-12-21(20)28(31)33/h4-14,17,23H,3,15-16H2,1-2H3. The molecule has 4 aromatic rings. The molecule has 3 aromatic carbocycles. The van der Waals surface area contributed by atoms with Crippen LogP contribution in [0.3, 0.4) is 0 Å². The van der Waals surface area contributed by atoms with Gasteiger partial charge in [0.1, 0.15) is 28.7 Å². The van der Waals surface area contributed by atoms with E-state index in [2.05, 4.69) is 0 Å². The van der Waals surface area contributed by atoms with Crippen LogP contribution in [0.4, 0.5) is 0 Å². The van der Waals surface area contributed by atoms with Crippen molar-refractivity contribution in [3.8, 4) is 17.1 Å². The molecular formula is C30H25NO7S. The van der Waals surface area contributed by atoms with Crippen molar-refractivity contribution in [1.29, 1.82) is 0 Å². The summed E-state index contributed by atoms with van der Waals surface area (Å²) >= 11 is 1.49. The first-order valence-electron chi connectivity index (χ1n) is 12.4. The average Bonchev–Trinajstić information content (AvgIpc) is 3.45. The number of nitrogens with zero attached hydrogens (tertiary/aromatic N) is 1. The highest BCUT2D eigenvalue weighted by Crippen LogP contribution is 2.36. The van der Waals surface area contributed by atoms with Crippen LogP contribution in [0.15, 0.2) is 77.2 Å². The second-order valence-corrected chi connectivity index (χ2v) is 9.78. The molecule has 39 heavy (non-hydrogen) atoms. The van der Waals surface area contributed by atoms with E-state index in [1.807, 2.05) is 36.6 Å². The quantitative estimate of drug-likeness (QED) is 0.153. The minimum Gasteiger partial charge on any atom is -0.462 e. The van der Waals surface area contributed by atoms with Crippen molar-refractivity contribution in [2.45, 2.75) is 19.4 Å². The number of ether oxygens (including phenoxy) is 2. The predicted octanol–water partition coefficient (Wildman–Crippen LogP) is 5.60. The van der Waals surface area contributed by atoms with Crippen LogP contribution in [-0.2, 0) is 9.53 Å². The molecular weight excluding hydrogens is 518 g/mol. The van der Waals surface area contributed by atoms with E-state index in [1.165, 1.54) is 17.8 Å². The van der Waals surface area contributed by atoms with Gasteiger partial charge in [-0.2, -0.15) is 11.8 Å². The third kappa shape index (κ3) is 4.93. The van der Waals surface area contributed by atoms with Gasteiger partial charge in [-0.15, -0.1) is 0 Å². The summed E-state index contributed by atoms with van der Waals surface area (Å²) in [4.78, 5) is 53.6. The summed E-state index contributed by atoms with van der Waals surface area (Å²) in [6.45, 7) is 1.88. The molecule has 0 aliphatic carbocycles. The first kappa shape index (κ1) is 26.2. The van der Waals surface area contributed by atoms with E-state index in [-0.39, 0.29) is 35.5 Å². The molecule has 1 aliphatic heterocycles. The predicted molar refractivity (Wildman–Crippen MR) is 147 cm³/mol. The van der Waals surface area contributed by atoms with Gasteiger partial charge in [-0.3, -0.25) is 14.5 Å². The number of furan rings is 1. The molecule has 0 radical (unpaired) electrons. The molecule has 0 saturated carbocycles. The molecule has 2 amide bonds. The number of imide groups is 1. The molecule has 0 fully saturated rings. The van der Waals surface area contributed by atoms with E-state index in [0.29, 0.717) is 28.0 Å². The van der Waals surface area contributed by atoms with Crippen molar-refractivity contribution in [1.82, 2.24) is 4.90 Å². The van der Waals surface area contributed by atoms with Crippen LogP contribution in [0, 0.1) is 0 Å². The third-order valence-corrected chi connectivity index (χ3v) is 7.04. The lowest BCUT2D eigenvalue weighted by atomic mass is 10.1. The second kappa shape index (κ2) is 11.2. The van der Waals surface area contributed by atoms with Gasteiger partial charge in [-0.1, -0.05) is 42.5 Å². The van der Waals surface area contributed by atoms with Crippen molar-refractivity contribution < 1.29 is 33.1 Å². The maximum atomic E-state index is 13.4. The normalized spacial score (nSPS) is 13.4. The summed E-state index contributed by atoms with van der Waals surface area (Å²) in [6.07, 6.45) is 2.10. The Bertz CT molecular complexity index is 1540. The fourth-order valence-corrected chi connectivity index (χ4v) is 5.05. The summed E-state index contributed by atoms with van der Waals surface area (Å²) in [7, 11) is 0. The number of esters is 2. The first-order chi connectivity index (χ1) is 18.9. The molecule has 0 N–H and O–H groups in total. The Labute approximate surface area is 228 Å². The monoisotopic (exact) mass is 543 g/mol. The van der Waals surface area contributed by atoms with Crippen molar-refractivity contribution in [2.24, 2.45) is 0 Å². The molecule has 1 atom stereocenters. The summed E-state index contributed by atoms with van der Waals surface area (Å²) in [6, 6.07) is 19.2. The molecule has 0 bridgehead atoms. The minimum atomic E-state index is -1.12. The molecule has 1 aromatic heterocycles. The maximum Gasteiger partial charge on any atom is 0.342 e. The smallest absolute Gasteiger partial charge is 0.342 e. The lowest BCUT2D eigenvalue weighted by Gasteiger charge is -2.24. The molecule has 9 heteroatoms. The van der Waals surface area contributed by atoms with Crippen LogP contribution in [0.2, 0.25) is 0 Å². The van der Waals surface area contributed by atoms with Gasteiger partial charge < -0.3 is 13.9 Å². The summed E-state index contributed by atoms with van der Waals surface area (Å²) in [5.74, 6) is -1.35. The average molecular weight is 544 g/mol. The number of benzene rings is 3. The SMILES string of the molecule is CCOC(=O)c1c(-c2ccccc2)oc2ccc(OC(=O)C(CCSC)N3C(=O)c4ccccc4C3=O)cc12. The Morgan fingerprint density at radius 3 is 2.26 bits per heavy atom. The maximum absolute atomic E-state index is 13.4. The van der Waals surface area contributed by atoms with Crippen LogP contribution in [-0.4, -0.2) is 53.3 Å². The zero-order valence-corrected chi connectivity index (χ0v) is 22.2. The molecule has 8 nitrogen and oxygen atoms in total. The summed E-state index contributed by atoms with van der Waals surface area (Å²) in [5.41, 5.74) is 1.85. The topological polar surface area (TPSA) is 103 Å². The highest BCUT2D eigenvalue weighted by molar-refractivity contribution is 7.98. The number of hydrogen-bond acceptors (Lipinski definition) is 8. The fourth-order valence-electron chi connectivity index (χ4n) is 4.60. The van der Waals surface area contributed by atoms with E-state index >= 15 is 0 Å². The van der Waals surface area contributed by atoms with E-state index in [1.54, 1.807) is 43.3 Å². The Hall–Kier alpha value is -4.37. The van der Waals surface area contributed by atoms with Crippen LogP contribution in [0.5, 0.6) is 5.75 Å². The number of amides is 2. The molecule has 1 unspecified atom stereocenters. The summed E-state index contributed by atoms with van der Waals surface area (Å²) in [5, 5.41) is 0.416. The Morgan fingerprint density at radius 1 is 0.949 bits per heavy atom. The van der Waals surface area contributed by atoms with E-state index < -0.39 is 29.8 Å². The Morgan fingerprint density at radius 2 is 1.62 bits per heavy atom. The number of rotatable bonds is 9. The van der Waals surface area contributed by atoms with E-state index in [0.717, 1.165) is 4.90 Å². The van der Waals surface area contributed by atoms with Gasteiger partial charge in [-0.25, -0.2) is 9.59 Å². The van der Waals surface area contributed by atoms with Gasteiger partial charge in [0, 0.05) is 10.9 Å². The molecule has 5 rings (SSSR count). The zero-order valence-electron chi connectivity index (χ0n) is 21.3. The number of fused-ring (bicyclic) bond motifs is 2. The van der Waals surface area contributed by atoms with Crippen LogP contribution >= 0.6 is 11.8 Å². The summed E-state index contributed by atoms with van der Waals surface area (Å²) < 4.78 is 17.0. The van der Waals surface area contributed by atoms with Crippen LogP contribution < -0.4 is 4.74 Å². The molecule has 198 valence electrons. The van der Waals surface area contributed by atoms with Gasteiger partial charge >= 0.3 is 11.9 Å². The Kier molecular flexibility index (Phi) is 7.51. The number of hydrogen-bond donors (Lipinski definition) is 0. The number of carbonyl (C=O) groups is 4. The van der Waals surface area contributed by atoms with E-state index in [4.69, 9.17) is 13.9 Å². The highest BCUT2D eigenvalue weighted by Gasteiger charge is 2.43. The lowest BCUT2D eigenvalue weighted by molar-refractivity contribution is -0.138. The third-order valence-electron chi connectivity index (χ3n) is 6.40. The van der Waals surface area contributed by atoms with Gasteiger partial charge in [0.2, 0.25) is 0 Å². The largest absolute Gasteiger partial charge is 0.462 e. The van der Waals surface area contributed by atoms with Crippen molar-refractivity contribution in [2.75, 3.05) is 18.6 Å². The van der Waals surface area contributed by atoms with Gasteiger partial charge in [0.05, 0.1) is 17.7 Å². The first-order valence-corrected chi connectivity index (χ1v) is 13.8. The number of thioether (sulfide) groups is 1. The van der Waals surface area contributed by atoms with Crippen molar-refractivity contribution in [3.05, 3.63) is 89.5 Å². The molecule has 1 aliphatic rings. The number of carbonyl (C=O) groups excluding carboxylic acids is 4. The van der Waals surface area contributed by atoms with Crippen molar-refractivity contribution >= 4 is 46.5 Å². The fraction of sp³-hybridized carbons (Fsp3) is 0.200. The second-order valence-electron chi connectivity index (χ2n) is 8.79. The Balaban J connectivity index is 1.49. The molecule has 2 heterocycles. The van der Waals surface area contributed by atoms with Crippen molar-refractivity contribution in [3.63, 3.8) is 0 Å². The lowest BCUT2D eigenvalue weighted by Crippen LogP contribution is -2.47. The van der Waals surface area contributed by atoms with Gasteiger partial charge in [0.15, 0.2) is 0 Å². The van der Waals surface area contributed by atoms with E-state index in [9.17, 15) is 19.2 Å². The van der Waals surface area contributed by atoms with Gasteiger partial charge in [-0.05, 0) is 55.7 Å². The molecule has 0 spiro atoms. The molecule has 0 saturated heterocycles.